The topological polar surface area (TPSA) is 134 Å². The molecule has 0 radical (unpaired) electrons. The number of amides is 2. The van der Waals surface area contributed by atoms with Crippen LogP contribution >= 0.6 is 0 Å². The van der Waals surface area contributed by atoms with E-state index in [0.717, 1.165) is 11.1 Å². The second-order valence-electron chi connectivity index (χ2n) is 6.19. The first-order valence-corrected chi connectivity index (χ1v) is 8.52. The fraction of sp³-hybridized carbons (Fsp3) is 0.211. The number of nitrogens with one attached hydrogen (secondary N) is 1. The van der Waals surface area contributed by atoms with Gasteiger partial charge >= 0.3 is 12.0 Å². The second kappa shape index (κ2) is 7.77. The van der Waals surface area contributed by atoms with Gasteiger partial charge in [0.1, 0.15) is 0 Å². The standard InChI is InChI=1S/C19H21N5O3/c20-18(21)23-14-7-3-4-8-15(14)24-16(11-22-19(24)27)13-6-2-1-5-12(13)9-10-17(25)26/h1-8,16H,9-11H2,(H,22,27)(H,25,26)(H4,20,21,23). The van der Waals surface area contributed by atoms with Gasteiger partial charge in [-0.3, -0.25) is 9.69 Å². The van der Waals surface area contributed by atoms with Gasteiger partial charge < -0.3 is 21.9 Å². The number of hydrogen-bond donors (Lipinski definition) is 4. The first kappa shape index (κ1) is 18.2. The lowest BCUT2D eigenvalue weighted by Gasteiger charge is -2.26. The van der Waals surface area contributed by atoms with Gasteiger partial charge in [-0.15, -0.1) is 0 Å². The minimum atomic E-state index is -0.861. The number of guanidine groups is 1. The van der Waals surface area contributed by atoms with Gasteiger partial charge in [0.05, 0.1) is 17.4 Å². The number of aryl methyl sites for hydroxylation is 1. The van der Waals surface area contributed by atoms with Gasteiger partial charge in [-0.2, -0.15) is 0 Å². The highest BCUT2D eigenvalue weighted by Crippen LogP contribution is 2.37. The Labute approximate surface area is 156 Å². The van der Waals surface area contributed by atoms with Crippen molar-refractivity contribution in [3.63, 3.8) is 0 Å². The third-order valence-electron chi connectivity index (χ3n) is 4.39. The molecule has 0 spiro atoms. The van der Waals surface area contributed by atoms with Crippen molar-refractivity contribution in [2.45, 2.75) is 18.9 Å². The maximum atomic E-state index is 12.6. The Morgan fingerprint density at radius 1 is 1.19 bits per heavy atom. The summed E-state index contributed by atoms with van der Waals surface area (Å²) in [6.45, 7) is 0.402. The SMILES string of the molecule is NC(N)=Nc1ccccc1N1C(=O)NCC1c1ccccc1CCC(=O)O. The fourth-order valence-electron chi connectivity index (χ4n) is 3.26. The summed E-state index contributed by atoms with van der Waals surface area (Å²) in [6, 6.07) is 14.1. The van der Waals surface area contributed by atoms with E-state index in [4.69, 9.17) is 16.6 Å². The highest BCUT2D eigenvalue weighted by molar-refractivity contribution is 5.98. The van der Waals surface area contributed by atoms with Crippen molar-refractivity contribution in [2.75, 3.05) is 11.4 Å². The normalized spacial score (nSPS) is 16.1. The lowest BCUT2D eigenvalue weighted by atomic mass is 9.96. The molecule has 1 atom stereocenters. The monoisotopic (exact) mass is 367 g/mol. The lowest BCUT2D eigenvalue weighted by Crippen LogP contribution is -2.30. The third kappa shape index (κ3) is 4.00. The number of benzene rings is 2. The van der Waals surface area contributed by atoms with E-state index < -0.39 is 5.97 Å². The Bertz CT molecular complexity index is 892. The van der Waals surface area contributed by atoms with Crippen molar-refractivity contribution in [1.82, 2.24) is 5.32 Å². The van der Waals surface area contributed by atoms with E-state index in [1.807, 2.05) is 24.3 Å². The summed E-state index contributed by atoms with van der Waals surface area (Å²) in [4.78, 5) is 29.3. The van der Waals surface area contributed by atoms with Crippen LogP contribution in [0, 0.1) is 0 Å². The number of carboxylic acid groups (broad SMARTS) is 1. The number of aliphatic imine (C=N–C) groups is 1. The van der Waals surface area contributed by atoms with E-state index in [1.54, 1.807) is 29.2 Å². The third-order valence-corrected chi connectivity index (χ3v) is 4.39. The molecular formula is C19H21N5O3. The summed E-state index contributed by atoms with van der Waals surface area (Å²) < 4.78 is 0. The van der Waals surface area contributed by atoms with E-state index in [9.17, 15) is 9.59 Å². The molecule has 6 N–H and O–H groups in total. The number of nitrogens with two attached hydrogens (primary N) is 2. The summed E-state index contributed by atoms with van der Waals surface area (Å²) >= 11 is 0. The molecule has 2 aromatic rings. The van der Waals surface area contributed by atoms with E-state index in [0.29, 0.717) is 24.3 Å². The van der Waals surface area contributed by atoms with Crippen LogP contribution in [0.4, 0.5) is 16.2 Å². The number of rotatable bonds is 6. The van der Waals surface area contributed by atoms with Crippen molar-refractivity contribution in [3.8, 4) is 0 Å². The zero-order valence-electron chi connectivity index (χ0n) is 14.6. The van der Waals surface area contributed by atoms with Crippen LogP contribution in [0.2, 0.25) is 0 Å². The van der Waals surface area contributed by atoms with Crippen LogP contribution in [0.3, 0.4) is 0 Å². The number of nitrogens with zero attached hydrogens (tertiary/aromatic N) is 2. The number of anilines is 1. The van der Waals surface area contributed by atoms with Crippen LogP contribution in [0.25, 0.3) is 0 Å². The van der Waals surface area contributed by atoms with Gasteiger partial charge in [0.2, 0.25) is 0 Å². The van der Waals surface area contributed by atoms with E-state index in [-0.39, 0.29) is 24.5 Å². The minimum Gasteiger partial charge on any atom is -0.481 e. The van der Waals surface area contributed by atoms with Crippen LogP contribution in [-0.4, -0.2) is 29.6 Å². The van der Waals surface area contributed by atoms with Gasteiger partial charge in [-0.05, 0) is 29.7 Å². The molecule has 0 bridgehead atoms. The van der Waals surface area contributed by atoms with Crippen molar-refractivity contribution in [3.05, 3.63) is 59.7 Å². The second-order valence-corrected chi connectivity index (χ2v) is 6.19. The van der Waals surface area contributed by atoms with Gasteiger partial charge in [0.15, 0.2) is 5.96 Å². The van der Waals surface area contributed by atoms with Gasteiger partial charge in [-0.1, -0.05) is 36.4 Å². The molecule has 0 saturated carbocycles. The van der Waals surface area contributed by atoms with Crippen LogP contribution in [0.5, 0.6) is 0 Å². The molecule has 140 valence electrons. The fourth-order valence-corrected chi connectivity index (χ4v) is 3.26. The Balaban J connectivity index is 2.02. The quantitative estimate of drug-likeness (QED) is 0.457. The molecule has 1 heterocycles. The van der Waals surface area contributed by atoms with Crippen LogP contribution in [-0.2, 0) is 11.2 Å². The van der Waals surface area contributed by atoms with Crippen molar-refractivity contribution < 1.29 is 14.7 Å². The molecule has 0 aliphatic carbocycles. The molecule has 2 aromatic carbocycles. The molecule has 3 rings (SSSR count). The molecule has 0 aromatic heterocycles. The zero-order chi connectivity index (χ0) is 19.4. The summed E-state index contributed by atoms with van der Waals surface area (Å²) in [7, 11) is 0. The summed E-state index contributed by atoms with van der Waals surface area (Å²) in [5.74, 6) is -0.958. The van der Waals surface area contributed by atoms with Gasteiger partial charge in [0.25, 0.3) is 0 Å². The number of carbonyl (C=O) groups excluding carboxylic acids is 1. The summed E-state index contributed by atoms with van der Waals surface area (Å²) in [5, 5.41) is 11.9. The smallest absolute Gasteiger partial charge is 0.322 e. The Morgan fingerprint density at radius 3 is 2.63 bits per heavy atom. The predicted octanol–water partition coefficient (Wildman–Crippen LogP) is 1.88. The number of aliphatic carboxylic acids is 1. The molecule has 1 aliphatic rings. The van der Waals surface area contributed by atoms with E-state index >= 15 is 0 Å². The minimum absolute atomic E-state index is 0.0235. The van der Waals surface area contributed by atoms with Crippen molar-refractivity contribution >= 4 is 29.3 Å². The van der Waals surface area contributed by atoms with Gasteiger partial charge in [0, 0.05) is 13.0 Å². The average Bonchev–Trinajstić information content (AvgIpc) is 3.01. The first-order valence-electron chi connectivity index (χ1n) is 8.52. The molecule has 2 amide bonds. The molecule has 1 unspecified atom stereocenters. The Hall–Kier alpha value is -3.55. The average molecular weight is 367 g/mol. The number of hydrogen-bond acceptors (Lipinski definition) is 3. The predicted molar refractivity (Wildman–Crippen MR) is 103 cm³/mol. The molecule has 27 heavy (non-hydrogen) atoms. The largest absolute Gasteiger partial charge is 0.481 e. The Kier molecular flexibility index (Phi) is 5.25. The summed E-state index contributed by atoms with van der Waals surface area (Å²) in [6.07, 6.45) is 0.412. The molecule has 8 heteroatoms. The highest BCUT2D eigenvalue weighted by atomic mass is 16.4. The number of para-hydroxylation sites is 2. The molecule has 1 saturated heterocycles. The van der Waals surface area contributed by atoms with E-state index in [1.165, 1.54) is 0 Å². The molecular weight excluding hydrogens is 346 g/mol. The molecule has 8 nitrogen and oxygen atoms in total. The maximum Gasteiger partial charge on any atom is 0.322 e. The highest BCUT2D eigenvalue weighted by Gasteiger charge is 2.35. The number of carboxylic acids is 1. The molecule has 1 fully saturated rings. The summed E-state index contributed by atoms with van der Waals surface area (Å²) in [5.41, 5.74) is 13.9. The zero-order valence-corrected chi connectivity index (χ0v) is 14.6. The lowest BCUT2D eigenvalue weighted by molar-refractivity contribution is -0.136. The van der Waals surface area contributed by atoms with Crippen LogP contribution in [0.1, 0.15) is 23.6 Å². The Morgan fingerprint density at radius 2 is 1.89 bits per heavy atom. The number of carbonyl (C=O) groups is 2. The van der Waals surface area contributed by atoms with Crippen LogP contribution in [0.15, 0.2) is 53.5 Å². The first-order chi connectivity index (χ1) is 13.0. The van der Waals surface area contributed by atoms with E-state index in [2.05, 4.69) is 10.3 Å². The van der Waals surface area contributed by atoms with Crippen molar-refractivity contribution in [2.24, 2.45) is 16.5 Å². The maximum absolute atomic E-state index is 12.6. The molecule has 1 aliphatic heterocycles. The van der Waals surface area contributed by atoms with Crippen LogP contribution < -0.4 is 21.7 Å². The van der Waals surface area contributed by atoms with Gasteiger partial charge in [-0.25, -0.2) is 9.79 Å². The van der Waals surface area contributed by atoms with Crippen molar-refractivity contribution in [1.29, 1.82) is 0 Å². The number of urea groups is 1.